The van der Waals surface area contributed by atoms with Crippen molar-refractivity contribution in [2.75, 3.05) is 44.8 Å². The van der Waals surface area contributed by atoms with Gasteiger partial charge in [0, 0.05) is 36.9 Å². The van der Waals surface area contributed by atoms with Crippen LogP contribution in [0.5, 0.6) is 0 Å². The Morgan fingerprint density at radius 1 is 0.914 bits per heavy atom. The normalized spacial score (nSPS) is 19.8. The third kappa shape index (κ3) is 7.19. The molecule has 0 aliphatic carbocycles. The quantitative estimate of drug-likeness (QED) is 0.253. The van der Waals surface area contributed by atoms with E-state index in [1.807, 2.05) is 12.1 Å². The van der Waals surface area contributed by atoms with Crippen LogP contribution < -0.4 is 5.32 Å². The lowest BCUT2D eigenvalue weighted by Crippen LogP contribution is -2.47. The van der Waals surface area contributed by atoms with E-state index >= 15 is 0 Å². The highest BCUT2D eigenvalue weighted by atomic mass is 16.5. The molecule has 0 spiro atoms. The third-order valence-electron chi connectivity index (χ3n) is 6.38. The van der Waals surface area contributed by atoms with Gasteiger partial charge in [-0.2, -0.15) is 0 Å². The van der Waals surface area contributed by atoms with Crippen LogP contribution in [0.4, 0.5) is 5.69 Å². The van der Waals surface area contributed by atoms with Gasteiger partial charge < -0.3 is 14.8 Å². The zero-order valence-electron chi connectivity index (χ0n) is 20.3. The lowest BCUT2D eigenvalue weighted by molar-refractivity contribution is -0.152. The third-order valence-corrected chi connectivity index (χ3v) is 6.38. The number of imide groups is 2. The summed E-state index contributed by atoms with van der Waals surface area (Å²) in [6.45, 7) is 5.37. The van der Waals surface area contributed by atoms with Crippen LogP contribution in [0.3, 0.4) is 0 Å². The molecule has 2 atom stereocenters. The SMILES string of the molecule is CC1C(=O)N(CCOCCOCCC(=O)Nc2ccc(CCC(=O)N3CCC3=O)cc2)C(=O)C1C. The molecule has 2 aliphatic heterocycles. The Kier molecular flexibility index (Phi) is 9.50. The molecule has 2 fully saturated rings. The first-order valence-electron chi connectivity index (χ1n) is 12.0. The summed E-state index contributed by atoms with van der Waals surface area (Å²) in [5.74, 6) is -1.32. The molecule has 0 saturated carbocycles. The molecule has 5 amide bonds. The van der Waals surface area contributed by atoms with Crippen molar-refractivity contribution in [2.45, 2.75) is 39.5 Å². The first kappa shape index (κ1) is 26.5. The number of hydrogen-bond acceptors (Lipinski definition) is 7. The van der Waals surface area contributed by atoms with E-state index in [-0.39, 0.29) is 74.0 Å². The number of nitrogens with one attached hydrogen (secondary N) is 1. The molecule has 2 saturated heterocycles. The Morgan fingerprint density at radius 3 is 2.11 bits per heavy atom. The highest BCUT2D eigenvalue weighted by molar-refractivity contribution is 6.04. The fourth-order valence-corrected chi connectivity index (χ4v) is 3.83. The van der Waals surface area contributed by atoms with Crippen LogP contribution >= 0.6 is 0 Å². The molecule has 0 aromatic heterocycles. The van der Waals surface area contributed by atoms with Crippen LogP contribution in [-0.2, 0) is 39.9 Å². The van der Waals surface area contributed by atoms with Crippen molar-refractivity contribution in [2.24, 2.45) is 11.8 Å². The molecule has 10 nitrogen and oxygen atoms in total. The molecule has 35 heavy (non-hydrogen) atoms. The van der Waals surface area contributed by atoms with E-state index in [9.17, 15) is 24.0 Å². The number of amides is 5. The summed E-state index contributed by atoms with van der Waals surface area (Å²) in [5, 5.41) is 2.79. The van der Waals surface area contributed by atoms with Crippen LogP contribution in [0.2, 0.25) is 0 Å². The van der Waals surface area contributed by atoms with Crippen molar-refractivity contribution in [1.29, 1.82) is 0 Å². The molecular formula is C25H33N3O7. The van der Waals surface area contributed by atoms with Gasteiger partial charge in [-0.15, -0.1) is 0 Å². The average Bonchev–Trinajstić information content (AvgIpc) is 3.01. The Balaban J connectivity index is 1.22. The summed E-state index contributed by atoms with van der Waals surface area (Å²) in [6.07, 6.45) is 1.46. The second kappa shape index (κ2) is 12.6. The van der Waals surface area contributed by atoms with Crippen molar-refractivity contribution in [1.82, 2.24) is 9.80 Å². The topological polar surface area (TPSA) is 122 Å². The highest BCUT2D eigenvalue weighted by Crippen LogP contribution is 2.24. The number of likely N-dealkylation sites (tertiary alicyclic amines) is 2. The van der Waals surface area contributed by atoms with E-state index < -0.39 is 0 Å². The Labute approximate surface area is 204 Å². The van der Waals surface area contributed by atoms with Gasteiger partial charge in [0.1, 0.15) is 0 Å². The standard InChI is InChI=1S/C25H33N3O7/c1-17-18(2)25(33)28(24(17)32)12-14-35-16-15-34-13-10-21(29)26-20-6-3-19(4-7-20)5-8-22(30)27-11-9-23(27)31/h3-4,6-7,17-18H,5,8-16H2,1-2H3,(H,26,29). The number of benzene rings is 1. The fourth-order valence-electron chi connectivity index (χ4n) is 3.83. The van der Waals surface area contributed by atoms with Crippen LogP contribution in [-0.4, -0.2) is 78.9 Å². The second-order valence-electron chi connectivity index (χ2n) is 8.81. The number of carbonyl (C=O) groups is 5. The van der Waals surface area contributed by atoms with Crippen molar-refractivity contribution in [3.8, 4) is 0 Å². The minimum Gasteiger partial charge on any atom is -0.379 e. The Morgan fingerprint density at radius 2 is 1.54 bits per heavy atom. The fraction of sp³-hybridized carbons (Fsp3) is 0.560. The molecule has 1 aromatic rings. The summed E-state index contributed by atoms with van der Waals surface area (Å²) in [6, 6.07) is 7.25. The number of hydrogen-bond donors (Lipinski definition) is 1. The molecule has 0 bridgehead atoms. The van der Waals surface area contributed by atoms with Gasteiger partial charge in [0.25, 0.3) is 0 Å². The van der Waals surface area contributed by atoms with Gasteiger partial charge in [-0.25, -0.2) is 0 Å². The lowest BCUT2D eigenvalue weighted by atomic mass is 10.00. The number of aryl methyl sites for hydroxylation is 1. The maximum atomic E-state index is 12.1. The van der Waals surface area contributed by atoms with E-state index in [1.54, 1.807) is 26.0 Å². The molecule has 1 aromatic carbocycles. The molecule has 2 aliphatic rings. The molecular weight excluding hydrogens is 454 g/mol. The minimum atomic E-state index is -0.284. The van der Waals surface area contributed by atoms with Crippen molar-refractivity contribution >= 4 is 35.2 Å². The minimum absolute atomic E-state index is 0.109. The van der Waals surface area contributed by atoms with Gasteiger partial charge in [0.15, 0.2) is 0 Å². The van der Waals surface area contributed by atoms with E-state index in [0.717, 1.165) is 5.56 Å². The molecule has 10 heteroatoms. The average molecular weight is 488 g/mol. The largest absolute Gasteiger partial charge is 0.379 e. The number of carbonyl (C=O) groups excluding carboxylic acids is 5. The predicted molar refractivity (Wildman–Crippen MR) is 126 cm³/mol. The van der Waals surface area contributed by atoms with Crippen LogP contribution in [0, 0.1) is 11.8 Å². The molecule has 0 radical (unpaired) electrons. The van der Waals surface area contributed by atoms with Gasteiger partial charge in [0.05, 0.1) is 39.4 Å². The zero-order chi connectivity index (χ0) is 25.4. The van der Waals surface area contributed by atoms with Gasteiger partial charge in [-0.3, -0.25) is 33.8 Å². The van der Waals surface area contributed by atoms with Gasteiger partial charge in [0.2, 0.25) is 29.5 Å². The first-order valence-corrected chi connectivity index (χ1v) is 12.0. The summed E-state index contributed by atoms with van der Waals surface area (Å²) < 4.78 is 10.8. The lowest BCUT2D eigenvalue weighted by Gasteiger charge is -2.28. The Bertz CT molecular complexity index is 927. The molecule has 3 rings (SSSR count). The van der Waals surface area contributed by atoms with Gasteiger partial charge in [-0.1, -0.05) is 26.0 Å². The monoisotopic (exact) mass is 487 g/mol. The summed E-state index contributed by atoms with van der Waals surface area (Å²) in [7, 11) is 0. The summed E-state index contributed by atoms with van der Waals surface area (Å²) >= 11 is 0. The van der Waals surface area contributed by atoms with Crippen molar-refractivity contribution in [3.63, 3.8) is 0 Å². The first-order chi connectivity index (χ1) is 16.8. The maximum Gasteiger partial charge on any atom is 0.232 e. The summed E-state index contributed by atoms with van der Waals surface area (Å²) in [5.41, 5.74) is 1.61. The number of nitrogens with zero attached hydrogens (tertiary/aromatic N) is 2. The number of β-lactam (4-membered cyclic amide) rings is 1. The van der Waals surface area contributed by atoms with Crippen molar-refractivity contribution < 1.29 is 33.4 Å². The van der Waals surface area contributed by atoms with E-state index in [2.05, 4.69) is 5.32 Å². The van der Waals surface area contributed by atoms with Gasteiger partial charge >= 0.3 is 0 Å². The summed E-state index contributed by atoms with van der Waals surface area (Å²) in [4.78, 5) is 61.8. The van der Waals surface area contributed by atoms with E-state index in [1.165, 1.54) is 9.80 Å². The smallest absolute Gasteiger partial charge is 0.232 e. The van der Waals surface area contributed by atoms with Crippen LogP contribution in [0.15, 0.2) is 24.3 Å². The van der Waals surface area contributed by atoms with E-state index in [4.69, 9.17) is 9.47 Å². The zero-order valence-corrected chi connectivity index (χ0v) is 20.3. The molecule has 1 N–H and O–H groups in total. The Hall–Kier alpha value is -3.11. The van der Waals surface area contributed by atoms with Crippen LogP contribution in [0.1, 0.15) is 38.7 Å². The maximum absolute atomic E-state index is 12.1. The number of ether oxygens (including phenoxy) is 2. The number of rotatable bonds is 13. The van der Waals surface area contributed by atoms with Gasteiger partial charge in [-0.05, 0) is 24.1 Å². The number of anilines is 1. The second-order valence-corrected chi connectivity index (χ2v) is 8.81. The molecule has 190 valence electrons. The highest BCUT2D eigenvalue weighted by Gasteiger charge is 2.41. The van der Waals surface area contributed by atoms with E-state index in [0.29, 0.717) is 38.3 Å². The predicted octanol–water partition coefficient (Wildman–Crippen LogP) is 1.38. The molecule has 2 unspecified atom stereocenters. The van der Waals surface area contributed by atoms with Crippen LogP contribution in [0.25, 0.3) is 0 Å². The molecule has 2 heterocycles. The van der Waals surface area contributed by atoms with Crippen molar-refractivity contribution in [3.05, 3.63) is 29.8 Å².